The molecular weight excluding hydrogens is 213 g/mol. The maximum Gasteiger partial charge on any atom is 0.123 e. The first kappa shape index (κ1) is 14.2. The molecule has 0 aliphatic carbocycles. The van der Waals surface area contributed by atoms with Crippen LogP contribution in [0.25, 0.3) is 0 Å². The van der Waals surface area contributed by atoms with Gasteiger partial charge in [-0.15, -0.1) is 0 Å². The molecule has 1 nitrogen and oxygen atoms in total. The maximum atomic E-state index is 12.9. The summed E-state index contributed by atoms with van der Waals surface area (Å²) >= 11 is 0. The molecule has 1 aromatic carbocycles. The molecule has 0 fully saturated rings. The third kappa shape index (κ3) is 3.53. The normalized spacial score (nSPS) is 13.7. The Balaban J connectivity index is 2.86. The maximum absolute atomic E-state index is 12.9. The average Bonchev–Trinajstić information content (AvgIpc) is 2.30. The van der Waals surface area contributed by atoms with Gasteiger partial charge in [-0.2, -0.15) is 0 Å². The van der Waals surface area contributed by atoms with Gasteiger partial charge in [0.15, 0.2) is 0 Å². The highest BCUT2D eigenvalue weighted by Gasteiger charge is 2.29. The largest absolute Gasteiger partial charge is 0.316 e. The Hall–Kier alpha value is -0.890. The lowest BCUT2D eigenvalue weighted by molar-refractivity contribution is 0.333. The second-order valence-electron chi connectivity index (χ2n) is 5.21. The van der Waals surface area contributed by atoms with E-state index < -0.39 is 0 Å². The fourth-order valence-electron chi connectivity index (χ4n) is 2.35. The number of halogens is 1. The highest BCUT2D eigenvalue weighted by atomic mass is 19.1. The number of benzene rings is 1. The van der Waals surface area contributed by atoms with Crippen molar-refractivity contribution in [2.75, 3.05) is 7.05 Å². The predicted molar refractivity (Wildman–Crippen MR) is 71.8 cm³/mol. The molecule has 1 aromatic rings. The van der Waals surface area contributed by atoms with Crippen LogP contribution in [0.1, 0.15) is 45.6 Å². The minimum absolute atomic E-state index is 0.0254. The van der Waals surface area contributed by atoms with Crippen molar-refractivity contribution in [3.05, 3.63) is 35.6 Å². The van der Waals surface area contributed by atoms with Crippen molar-refractivity contribution < 1.29 is 4.39 Å². The molecule has 0 bridgehead atoms. The molecule has 17 heavy (non-hydrogen) atoms. The summed E-state index contributed by atoms with van der Waals surface area (Å²) in [5.41, 5.74) is 1.21. The lowest BCUT2D eigenvalue weighted by Crippen LogP contribution is -2.43. The van der Waals surface area contributed by atoms with Crippen LogP contribution in [0.3, 0.4) is 0 Å². The summed E-state index contributed by atoms with van der Waals surface area (Å²) in [6.07, 6.45) is 3.57. The van der Waals surface area contributed by atoms with Crippen LogP contribution in [-0.4, -0.2) is 13.1 Å². The molecule has 0 saturated heterocycles. The van der Waals surface area contributed by atoms with Crippen molar-refractivity contribution >= 4 is 0 Å². The zero-order valence-corrected chi connectivity index (χ0v) is 11.4. The molecule has 0 saturated carbocycles. The van der Waals surface area contributed by atoms with E-state index in [0.29, 0.717) is 6.04 Å². The van der Waals surface area contributed by atoms with Crippen LogP contribution in [0.5, 0.6) is 0 Å². The molecule has 1 unspecified atom stereocenters. The summed E-state index contributed by atoms with van der Waals surface area (Å²) in [6, 6.07) is 7.30. The monoisotopic (exact) mass is 237 g/mol. The van der Waals surface area contributed by atoms with Crippen molar-refractivity contribution in [3.63, 3.8) is 0 Å². The second kappa shape index (κ2) is 6.15. The van der Waals surface area contributed by atoms with E-state index >= 15 is 0 Å². The molecule has 2 heteroatoms. The fraction of sp³-hybridized carbons (Fsp3) is 0.600. The molecule has 0 heterocycles. The Kier molecular flexibility index (Phi) is 5.13. The van der Waals surface area contributed by atoms with E-state index in [1.165, 1.54) is 18.4 Å². The van der Waals surface area contributed by atoms with Gasteiger partial charge in [0.1, 0.15) is 5.82 Å². The third-order valence-electron chi connectivity index (χ3n) is 3.65. The number of hydrogen-bond acceptors (Lipinski definition) is 1. The smallest absolute Gasteiger partial charge is 0.123 e. The summed E-state index contributed by atoms with van der Waals surface area (Å²) in [4.78, 5) is 0. The standard InChI is InChI=1S/C15H24FN/c1-5-6-7-14(17-4)15(2,3)12-8-10-13(16)11-9-12/h8-11,14,17H,5-7H2,1-4H3. The van der Waals surface area contributed by atoms with E-state index in [4.69, 9.17) is 0 Å². The molecule has 0 radical (unpaired) electrons. The highest BCUT2D eigenvalue weighted by Crippen LogP contribution is 2.29. The summed E-state index contributed by atoms with van der Waals surface area (Å²) in [6.45, 7) is 6.64. The molecule has 1 N–H and O–H groups in total. The van der Waals surface area contributed by atoms with Crippen LogP contribution >= 0.6 is 0 Å². The molecule has 0 amide bonds. The van der Waals surface area contributed by atoms with Crippen molar-refractivity contribution in [1.82, 2.24) is 5.32 Å². The van der Waals surface area contributed by atoms with Crippen LogP contribution < -0.4 is 5.32 Å². The van der Waals surface area contributed by atoms with Crippen LogP contribution in [0.2, 0.25) is 0 Å². The number of nitrogens with one attached hydrogen (secondary N) is 1. The summed E-state index contributed by atoms with van der Waals surface area (Å²) in [5, 5.41) is 3.40. The minimum atomic E-state index is -0.167. The molecule has 96 valence electrons. The number of likely N-dealkylation sites (N-methyl/N-ethyl adjacent to an activating group) is 1. The minimum Gasteiger partial charge on any atom is -0.316 e. The quantitative estimate of drug-likeness (QED) is 0.791. The van der Waals surface area contributed by atoms with E-state index in [1.807, 2.05) is 19.2 Å². The van der Waals surface area contributed by atoms with Gasteiger partial charge >= 0.3 is 0 Å². The van der Waals surface area contributed by atoms with Gasteiger partial charge < -0.3 is 5.32 Å². The van der Waals surface area contributed by atoms with Crippen LogP contribution in [0.4, 0.5) is 4.39 Å². The first-order valence-electron chi connectivity index (χ1n) is 6.45. The number of rotatable bonds is 6. The lowest BCUT2D eigenvalue weighted by Gasteiger charge is -2.35. The van der Waals surface area contributed by atoms with Gasteiger partial charge in [0.05, 0.1) is 0 Å². The van der Waals surface area contributed by atoms with Gasteiger partial charge in [0.2, 0.25) is 0 Å². The number of hydrogen-bond donors (Lipinski definition) is 1. The molecule has 1 rings (SSSR count). The first-order valence-corrected chi connectivity index (χ1v) is 6.45. The van der Waals surface area contributed by atoms with Crippen molar-refractivity contribution in [2.24, 2.45) is 0 Å². The molecule has 0 aliphatic rings. The van der Waals surface area contributed by atoms with E-state index in [1.54, 1.807) is 12.1 Å². The average molecular weight is 237 g/mol. The lowest BCUT2D eigenvalue weighted by atomic mass is 9.76. The van der Waals surface area contributed by atoms with Crippen molar-refractivity contribution in [2.45, 2.75) is 51.5 Å². The van der Waals surface area contributed by atoms with Crippen molar-refractivity contribution in [1.29, 1.82) is 0 Å². The second-order valence-corrected chi connectivity index (χ2v) is 5.21. The zero-order valence-electron chi connectivity index (χ0n) is 11.4. The Morgan fingerprint density at radius 3 is 2.29 bits per heavy atom. The van der Waals surface area contributed by atoms with Crippen molar-refractivity contribution in [3.8, 4) is 0 Å². The van der Waals surface area contributed by atoms with E-state index in [0.717, 1.165) is 6.42 Å². The molecular formula is C15H24FN. The van der Waals surface area contributed by atoms with E-state index in [-0.39, 0.29) is 11.2 Å². The SMILES string of the molecule is CCCCC(NC)C(C)(C)c1ccc(F)cc1. The van der Waals surface area contributed by atoms with Gasteiger partial charge in [-0.3, -0.25) is 0 Å². The van der Waals surface area contributed by atoms with E-state index in [2.05, 4.69) is 26.1 Å². The van der Waals surface area contributed by atoms with Gasteiger partial charge in [-0.25, -0.2) is 4.39 Å². The summed E-state index contributed by atoms with van der Waals surface area (Å²) < 4.78 is 12.9. The molecule has 1 atom stereocenters. The Labute approximate surface area is 104 Å². The predicted octanol–water partition coefficient (Wildman–Crippen LogP) is 3.88. The summed E-state index contributed by atoms with van der Waals surface area (Å²) in [5.74, 6) is -0.167. The first-order chi connectivity index (χ1) is 8.02. The molecule has 0 aromatic heterocycles. The van der Waals surface area contributed by atoms with Crippen LogP contribution in [0.15, 0.2) is 24.3 Å². The Morgan fingerprint density at radius 2 is 1.82 bits per heavy atom. The fourth-order valence-corrected chi connectivity index (χ4v) is 2.35. The molecule has 0 aliphatic heterocycles. The van der Waals surface area contributed by atoms with Gasteiger partial charge in [-0.05, 0) is 31.2 Å². The topological polar surface area (TPSA) is 12.0 Å². The van der Waals surface area contributed by atoms with Crippen LogP contribution in [0, 0.1) is 5.82 Å². The Morgan fingerprint density at radius 1 is 1.24 bits per heavy atom. The zero-order chi connectivity index (χ0) is 12.9. The highest BCUT2D eigenvalue weighted by molar-refractivity contribution is 5.26. The van der Waals surface area contributed by atoms with Gasteiger partial charge in [0.25, 0.3) is 0 Å². The molecule has 0 spiro atoms. The summed E-state index contributed by atoms with van der Waals surface area (Å²) in [7, 11) is 2.01. The van der Waals surface area contributed by atoms with E-state index in [9.17, 15) is 4.39 Å². The Bertz CT molecular complexity index is 329. The van der Waals surface area contributed by atoms with Gasteiger partial charge in [0, 0.05) is 11.5 Å². The third-order valence-corrected chi connectivity index (χ3v) is 3.65. The van der Waals surface area contributed by atoms with Crippen LogP contribution in [-0.2, 0) is 5.41 Å². The van der Waals surface area contributed by atoms with Gasteiger partial charge in [-0.1, -0.05) is 45.7 Å². The number of unbranched alkanes of at least 4 members (excludes halogenated alkanes) is 1.